The van der Waals surface area contributed by atoms with Crippen molar-refractivity contribution in [3.05, 3.63) is 77.9 Å². The predicted octanol–water partition coefficient (Wildman–Crippen LogP) is 4.18. The Morgan fingerprint density at radius 3 is 2.64 bits per heavy atom. The van der Waals surface area contributed by atoms with E-state index in [4.69, 9.17) is 0 Å². The summed E-state index contributed by atoms with van der Waals surface area (Å²) in [6.45, 7) is 4.87. The fourth-order valence-corrected chi connectivity index (χ4v) is 4.24. The van der Waals surface area contributed by atoms with Crippen molar-refractivity contribution in [2.75, 3.05) is 25.0 Å². The van der Waals surface area contributed by atoms with Crippen LogP contribution in [-0.2, 0) is 0 Å². The Morgan fingerprint density at radius 1 is 1.06 bits per heavy atom. The van der Waals surface area contributed by atoms with Crippen LogP contribution in [0.2, 0.25) is 0 Å². The molecule has 0 saturated carbocycles. The second-order valence-electron chi connectivity index (χ2n) is 8.59. The molecule has 0 spiro atoms. The van der Waals surface area contributed by atoms with Gasteiger partial charge in [-0.1, -0.05) is 29.8 Å². The maximum atomic E-state index is 12.5. The van der Waals surface area contributed by atoms with E-state index in [-0.39, 0.29) is 5.91 Å². The third kappa shape index (κ3) is 4.88. The van der Waals surface area contributed by atoms with Gasteiger partial charge in [-0.2, -0.15) is 4.98 Å². The molecular formula is C26H28N6O. The van der Waals surface area contributed by atoms with Gasteiger partial charge in [-0.25, -0.2) is 4.52 Å². The Kier molecular flexibility index (Phi) is 6.04. The quantitative estimate of drug-likeness (QED) is 0.419. The van der Waals surface area contributed by atoms with Gasteiger partial charge in [0.05, 0.1) is 5.69 Å². The summed E-state index contributed by atoms with van der Waals surface area (Å²) in [5.74, 6) is 1.04. The van der Waals surface area contributed by atoms with Crippen LogP contribution in [0.4, 0.5) is 11.6 Å². The number of nitrogens with zero attached hydrogens (tertiary/aromatic N) is 3. The number of hydrogen-bond acceptors (Lipinski definition) is 5. The number of anilines is 2. The number of carbonyl (C=O) groups is 1. The van der Waals surface area contributed by atoms with Crippen molar-refractivity contribution in [2.45, 2.75) is 19.8 Å². The SMILES string of the molecule is Cc1cccc(-c2cccc3nc(Nc4ccc(C(=O)NCC5CCNCC5)cc4)nn23)c1. The lowest BCUT2D eigenvalue weighted by Crippen LogP contribution is -2.35. The second kappa shape index (κ2) is 9.42. The molecule has 1 aliphatic rings. The number of aryl methyl sites for hydroxylation is 1. The van der Waals surface area contributed by atoms with Gasteiger partial charge in [0.2, 0.25) is 5.95 Å². The lowest BCUT2D eigenvalue weighted by atomic mass is 9.98. The maximum Gasteiger partial charge on any atom is 0.251 e. The number of aromatic nitrogens is 3. The van der Waals surface area contributed by atoms with E-state index in [1.165, 1.54) is 5.56 Å². The zero-order valence-electron chi connectivity index (χ0n) is 18.7. The molecule has 0 bridgehead atoms. The highest BCUT2D eigenvalue weighted by Gasteiger charge is 2.15. The highest BCUT2D eigenvalue weighted by Crippen LogP contribution is 2.23. The number of carbonyl (C=O) groups excluding carboxylic acids is 1. The van der Waals surface area contributed by atoms with E-state index in [9.17, 15) is 4.79 Å². The molecular weight excluding hydrogens is 412 g/mol. The first-order valence-electron chi connectivity index (χ1n) is 11.4. The van der Waals surface area contributed by atoms with Crippen molar-refractivity contribution in [3.63, 3.8) is 0 Å². The van der Waals surface area contributed by atoms with E-state index in [1.807, 2.05) is 53.0 Å². The van der Waals surface area contributed by atoms with E-state index >= 15 is 0 Å². The molecule has 7 nitrogen and oxygen atoms in total. The van der Waals surface area contributed by atoms with Crippen molar-refractivity contribution in [2.24, 2.45) is 5.92 Å². The Bertz CT molecular complexity index is 1260. The van der Waals surface area contributed by atoms with Gasteiger partial charge in [-0.15, -0.1) is 5.10 Å². The summed E-state index contributed by atoms with van der Waals surface area (Å²) in [6.07, 6.45) is 2.22. The molecule has 168 valence electrons. The normalized spacial score (nSPS) is 14.3. The first-order chi connectivity index (χ1) is 16.2. The van der Waals surface area contributed by atoms with E-state index in [0.29, 0.717) is 17.4 Å². The smallest absolute Gasteiger partial charge is 0.251 e. The molecule has 5 rings (SSSR count). The molecule has 2 aromatic carbocycles. The third-order valence-electron chi connectivity index (χ3n) is 6.09. The van der Waals surface area contributed by atoms with Crippen molar-refractivity contribution in [1.29, 1.82) is 0 Å². The van der Waals surface area contributed by atoms with E-state index in [0.717, 1.165) is 55.1 Å². The van der Waals surface area contributed by atoms with Crippen LogP contribution in [0.1, 0.15) is 28.8 Å². The largest absolute Gasteiger partial charge is 0.352 e. The number of nitrogens with one attached hydrogen (secondary N) is 3. The van der Waals surface area contributed by atoms with Gasteiger partial charge in [0.15, 0.2) is 5.65 Å². The predicted molar refractivity (Wildman–Crippen MR) is 131 cm³/mol. The molecule has 2 aromatic heterocycles. The number of fused-ring (bicyclic) bond motifs is 1. The molecule has 33 heavy (non-hydrogen) atoms. The number of pyridine rings is 1. The molecule has 3 N–H and O–H groups in total. The average molecular weight is 441 g/mol. The van der Waals surface area contributed by atoms with Crippen LogP contribution in [0.25, 0.3) is 16.9 Å². The summed E-state index contributed by atoms with van der Waals surface area (Å²) < 4.78 is 1.85. The minimum absolute atomic E-state index is 0.0336. The topological polar surface area (TPSA) is 83.3 Å². The van der Waals surface area contributed by atoms with Crippen LogP contribution in [0.15, 0.2) is 66.7 Å². The highest BCUT2D eigenvalue weighted by atomic mass is 16.1. The highest BCUT2D eigenvalue weighted by molar-refractivity contribution is 5.94. The summed E-state index contributed by atoms with van der Waals surface area (Å²) in [5.41, 5.74) is 5.53. The Labute approximate surface area is 193 Å². The first kappa shape index (κ1) is 21.2. The van der Waals surface area contributed by atoms with Crippen LogP contribution in [0, 0.1) is 12.8 Å². The van der Waals surface area contributed by atoms with Crippen LogP contribution in [0.3, 0.4) is 0 Å². The Balaban J connectivity index is 1.28. The lowest BCUT2D eigenvalue weighted by Gasteiger charge is -2.22. The molecule has 0 aliphatic carbocycles. The molecule has 4 aromatic rings. The van der Waals surface area contributed by atoms with Gasteiger partial charge in [-0.3, -0.25) is 4.79 Å². The number of hydrogen-bond donors (Lipinski definition) is 3. The monoisotopic (exact) mass is 440 g/mol. The standard InChI is InChI=1S/C26H28N6O/c1-18-4-2-5-21(16-18)23-6-3-7-24-30-26(31-32(23)24)29-22-10-8-20(9-11-22)25(33)28-17-19-12-14-27-15-13-19/h2-11,16,19,27H,12-15,17H2,1H3,(H,28,33)(H,29,31). The van der Waals surface area contributed by atoms with Gasteiger partial charge in [-0.05, 0) is 81.2 Å². The van der Waals surface area contributed by atoms with Crippen molar-refractivity contribution in [1.82, 2.24) is 25.2 Å². The lowest BCUT2D eigenvalue weighted by molar-refractivity contribution is 0.0944. The fourth-order valence-electron chi connectivity index (χ4n) is 4.24. The molecule has 1 fully saturated rings. The number of piperidine rings is 1. The summed E-state index contributed by atoms with van der Waals surface area (Å²) in [7, 11) is 0. The first-order valence-corrected chi connectivity index (χ1v) is 11.4. The molecule has 1 saturated heterocycles. The number of rotatable bonds is 6. The zero-order valence-corrected chi connectivity index (χ0v) is 18.7. The molecule has 7 heteroatoms. The van der Waals surface area contributed by atoms with E-state index in [2.05, 4.69) is 51.2 Å². The average Bonchev–Trinajstić information content (AvgIpc) is 3.26. The van der Waals surface area contributed by atoms with Crippen LogP contribution in [0.5, 0.6) is 0 Å². The summed E-state index contributed by atoms with van der Waals surface area (Å²) >= 11 is 0. The number of benzene rings is 2. The second-order valence-corrected chi connectivity index (χ2v) is 8.59. The minimum atomic E-state index is -0.0336. The molecule has 0 atom stereocenters. The van der Waals surface area contributed by atoms with Gasteiger partial charge >= 0.3 is 0 Å². The molecule has 3 heterocycles. The van der Waals surface area contributed by atoms with Crippen LogP contribution in [-0.4, -0.2) is 40.1 Å². The maximum absolute atomic E-state index is 12.5. The summed E-state index contributed by atoms with van der Waals surface area (Å²) in [6, 6.07) is 21.7. The van der Waals surface area contributed by atoms with Crippen LogP contribution >= 0.6 is 0 Å². The zero-order chi connectivity index (χ0) is 22.6. The molecule has 0 unspecified atom stereocenters. The van der Waals surface area contributed by atoms with E-state index < -0.39 is 0 Å². The number of amides is 1. The molecule has 0 radical (unpaired) electrons. The van der Waals surface area contributed by atoms with Crippen molar-refractivity contribution >= 4 is 23.2 Å². The van der Waals surface area contributed by atoms with Gasteiger partial charge in [0.1, 0.15) is 0 Å². The third-order valence-corrected chi connectivity index (χ3v) is 6.09. The molecule has 1 aliphatic heterocycles. The van der Waals surface area contributed by atoms with Crippen molar-refractivity contribution < 1.29 is 4.79 Å². The van der Waals surface area contributed by atoms with Gasteiger partial charge < -0.3 is 16.0 Å². The van der Waals surface area contributed by atoms with Gasteiger partial charge in [0, 0.05) is 23.4 Å². The summed E-state index contributed by atoms with van der Waals surface area (Å²) in [5, 5.41) is 14.3. The van der Waals surface area contributed by atoms with Gasteiger partial charge in [0.25, 0.3) is 5.91 Å². The summed E-state index contributed by atoms with van der Waals surface area (Å²) in [4.78, 5) is 17.1. The minimum Gasteiger partial charge on any atom is -0.352 e. The Morgan fingerprint density at radius 2 is 1.85 bits per heavy atom. The Hall–Kier alpha value is -3.71. The van der Waals surface area contributed by atoms with E-state index in [1.54, 1.807) is 0 Å². The fraction of sp³-hybridized carbons (Fsp3) is 0.269. The van der Waals surface area contributed by atoms with Crippen molar-refractivity contribution in [3.8, 4) is 11.3 Å². The van der Waals surface area contributed by atoms with Crippen LogP contribution < -0.4 is 16.0 Å². The molecule has 1 amide bonds.